The first-order chi connectivity index (χ1) is 31.7. The van der Waals surface area contributed by atoms with E-state index in [1.165, 1.54) is 53.1 Å². The van der Waals surface area contributed by atoms with Crippen molar-refractivity contribution in [1.29, 1.82) is 0 Å². The Balaban J connectivity index is 0.000000360. The third-order valence-corrected chi connectivity index (χ3v) is 15.0. The lowest BCUT2D eigenvalue weighted by Crippen LogP contribution is -2.40. The minimum absolute atomic E-state index is 0.166. The summed E-state index contributed by atoms with van der Waals surface area (Å²) in [6.07, 6.45) is 12.0. The number of nitrogens with zero attached hydrogens (tertiary/aromatic N) is 6. The molecule has 4 heterocycles. The van der Waals surface area contributed by atoms with E-state index in [0.717, 1.165) is 109 Å². The lowest BCUT2D eigenvalue weighted by atomic mass is 10.2. The maximum Gasteiger partial charge on any atom is 0.361 e. The van der Waals surface area contributed by atoms with Crippen LogP contribution >= 0.6 is 23.5 Å². The van der Waals surface area contributed by atoms with Crippen molar-refractivity contribution in [3.05, 3.63) is 116 Å². The van der Waals surface area contributed by atoms with Gasteiger partial charge in [-0.3, -0.25) is 9.36 Å². The molecule has 0 saturated carbocycles. The normalized spacial score (nSPS) is 15.1. The lowest BCUT2D eigenvalue weighted by Gasteiger charge is -2.12. The quantitative estimate of drug-likeness (QED) is 0.110. The number of fused-ring (bicyclic) bond motifs is 6. The number of hydrogen-bond acceptors (Lipinski definition) is 14. The van der Waals surface area contributed by atoms with Gasteiger partial charge in [0.05, 0.1) is 23.9 Å². The molecule has 16 nitrogen and oxygen atoms in total. The van der Waals surface area contributed by atoms with Gasteiger partial charge in [-0.05, 0) is 131 Å². The van der Waals surface area contributed by atoms with Gasteiger partial charge in [-0.25, -0.2) is 30.8 Å². The van der Waals surface area contributed by atoms with Gasteiger partial charge in [0.25, 0.3) is 5.56 Å². The van der Waals surface area contributed by atoms with Crippen LogP contribution in [-0.4, -0.2) is 69.6 Å². The Morgan fingerprint density at radius 1 is 0.582 bits per heavy atom. The molecule has 0 spiro atoms. The third kappa shape index (κ3) is 18.4. The number of hydrogen-bond donors (Lipinski definition) is 2. The number of rotatable bonds is 2. The summed E-state index contributed by atoms with van der Waals surface area (Å²) in [5.41, 5.74) is 4.48. The largest absolute Gasteiger partial charge is 0.744 e. The van der Waals surface area contributed by atoms with Crippen LogP contribution in [0.15, 0.2) is 96.6 Å². The average molecular weight is 999 g/mol. The molecule has 0 atom stereocenters. The highest BCUT2D eigenvalue weighted by molar-refractivity contribution is 7.99. The van der Waals surface area contributed by atoms with Gasteiger partial charge in [-0.1, -0.05) is 61.1 Å². The van der Waals surface area contributed by atoms with Crippen molar-refractivity contribution in [2.24, 2.45) is 14.1 Å². The van der Waals surface area contributed by atoms with Crippen molar-refractivity contribution in [1.82, 2.24) is 19.1 Å². The van der Waals surface area contributed by atoms with Crippen LogP contribution in [-0.2, 0) is 47.4 Å². The molecule has 366 valence electrons. The summed E-state index contributed by atoms with van der Waals surface area (Å²) in [4.78, 5) is 35.4. The zero-order chi connectivity index (χ0) is 49.1. The number of benzene rings is 2. The van der Waals surface area contributed by atoms with E-state index in [1.807, 2.05) is 20.8 Å². The molecular formula is C47H66N8O8S4. The van der Waals surface area contributed by atoms with E-state index >= 15 is 0 Å². The van der Waals surface area contributed by atoms with Crippen molar-refractivity contribution in [3.8, 4) is 0 Å². The summed E-state index contributed by atoms with van der Waals surface area (Å²) in [6, 6.07) is 15.8. The highest BCUT2D eigenvalue weighted by atomic mass is 32.2. The highest BCUT2D eigenvalue weighted by Crippen LogP contribution is 2.19. The minimum Gasteiger partial charge on any atom is -0.744 e. The number of aromatic nitrogens is 6. The van der Waals surface area contributed by atoms with Crippen molar-refractivity contribution in [3.63, 3.8) is 0 Å². The third-order valence-electron chi connectivity index (χ3n) is 11.0. The molecule has 0 radical (unpaired) electrons. The first-order valence-corrected chi connectivity index (χ1v) is 27.4. The van der Waals surface area contributed by atoms with Crippen LogP contribution in [0.4, 0.5) is 11.6 Å². The molecule has 2 N–H and O–H groups in total. The molecule has 5 aromatic rings. The maximum atomic E-state index is 13.2. The topological polar surface area (TPSA) is 216 Å². The second-order valence-corrected chi connectivity index (χ2v) is 21.5. The van der Waals surface area contributed by atoms with E-state index in [9.17, 15) is 35.5 Å². The van der Waals surface area contributed by atoms with Crippen LogP contribution in [0.3, 0.4) is 0 Å². The molecule has 67 heavy (non-hydrogen) atoms. The smallest absolute Gasteiger partial charge is 0.361 e. The van der Waals surface area contributed by atoms with E-state index in [2.05, 4.69) is 59.8 Å². The Morgan fingerprint density at radius 2 is 0.985 bits per heavy atom. The van der Waals surface area contributed by atoms with Crippen molar-refractivity contribution in [2.75, 3.05) is 35.2 Å². The SMILES string of the molecule is Cc1ccc(S(=O)(=O)[O-])cc1.Cc1ccc(S(=O)(=O)[O-])cc1.Cc1cn2c(=O)n(c1=O)CCCCCSc1nc(cc(C)[n+]1C)NCCCCCCNc1cc(C)[n+](C)c(n1)SCCCCC2. The van der Waals surface area contributed by atoms with Gasteiger partial charge in [0, 0.05) is 61.6 Å². The second-order valence-electron chi connectivity index (χ2n) is 16.6. The van der Waals surface area contributed by atoms with Crippen LogP contribution < -0.4 is 31.0 Å². The zero-order valence-corrected chi connectivity index (χ0v) is 43.0. The van der Waals surface area contributed by atoms with E-state index in [-0.39, 0.29) is 21.0 Å². The van der Waals surface area contributed by atoms with Crippen LogP contribution in [0.1, 0.15) is 92.3 Å². The van der Waals surface area contributed by atoms with Gasteiger partial charge in [0.1, 0.15) is 31.6 Å². The van der Waals surface area contributed by atoms with Crippen LogP contribution in [0.2, 0.25) is 0 Å². The molecule has 0 aliphatic carbocycles. The molecule has 1 aliphatic heterocycles. The Bertz CT molecular complexity index is 2660. The Labute approximate surface area is 404 Å². The molecule has 2 aromatic carbocycles. The zero-order valence-electron chi connectivity index (χ0n) is 39.7. The minimum atomic E-state index is -4.27. The number of thioether (sulfide) groups is 2. The Kier molecular flexibility index (Phi) is 22.0. The molecule has 0 fully saturated rings. The van der Waals surface area contributed by atoms with E-state index < -0.39 is 20.2 Å². The summed E-state index contributed by atoms with van der Waals surface area (Å²) in [5, 5.41) is 9.09. The average Bonchev–Trinajstić information content (AvgIpc) is 3.27. The van der Waals surface area contributed by atoms with Crippen molar-refractivity contribution >= 4 is 55.4 Å². The van der Waals surface area contributed by atoms with E-state index in [1.54, 1.807) is 58.6 Å². The predicted octanol–water partition coefficient (Wildman–Crippen LogP) is 6.50. The molecule has 6 rings (SSSR count). The van der Waals surface area contributed by atoms with Gasteiger partial charge in [0.15, 0.2) is 0 Å². The summed E-state index contributed by atoms with van der Waals surface area (Å²) >= 11 is 3.55. The van der Waals surface area contributed by atoms with Crippen molar-refractivity contribution < 1.29 is 35.1 Å². The number of anilines is 2. The molecule has 20 heteroatoms. The fourth-order valence-corrected chi connectivity index (χ4v) is 9.79. The lowest BCUT2D eigenvalue weighted by molar-refractivity contribution is -0.718. The Morgan fingerprint density at radius 3 is 1.40 bits per heavy atom. The first kappa shape index (κ1) is 55.0. The molecule has 0 unspecified atom stereocenters. The molecule has 1 aliphatic rings. The monoisotopic (exact) mass is 998 g/mol. The van der Waals surface area contributed by atoms with Crippen molar-refractivity contribution in [2.45, 2.75) is 132 Å². The maximum absolute atomic E-state index is 13.2. The van der Waals surface area contributed by atoms with Gasteiger partial charge < -0.3 is 24.3 Å². The summed E-state index contributed by atoms with van der Waals surface area (Å²) < 4.78 is 69.8. The van der Waals surface area contributed by atoms with E-state index in [4.69, 9.17) is 9.97 Å². The molecule has 0 saturated heterocycles. The highest BCUT2D eigenvalue weighted by Gasteiger charge is 2.18. The van der Waals surface area contributed by atoms with Gasteiger partial charge in [-0.2, -0.15) is 0 Å². The van der Waals surface area contributed by atoms with Gasteiger partial charge in [-0.15, -0.1) is 0 Å². The summed E-state index contributed by atoms with van der Waals surface area (Å²) in [6.45, 7) is 12.6. The number of aryl methyl sites for hydroxylation is 6. The summed E-state index contributed by atoms with van der Waals surface area (Å²) in [5.74, 6) is 3.79. The molecule has 3 aromatic heterocycles. The second kappa shape index (κ2) is 26.8. The van der Waals surface area contributed by atoms with Crippen LogP contribution in [0.5, 0.6) is 0 Å². The Hall–Kier alpha value is -4.60. The first-order valence-electron chi connectivity index (χ1n) is 22.6. The van der Waals surface area contributed by atoms with Crippen LogP contribution in [0, 0.1) is 34.6 Å². The standard InChI is InChI=1S/C33H50N8O2S2.2C7H8O3S/c1-25-24-40-18-12-8-14-20-44-31-36-28(22-26(2)38(31)4)34-16-10-6-7-11-17-35-29-23-27(3)39(5)32(37-29)45-21-15-9-13-19-41(30(25)42)33(40)43;2*1-6-2-4-7(5-3-6)11(8,9)10/h22-24H,6-21H2,1-5H3;2*2-5H,1H3,(H,8,9,10). The summed E-state index contributed by atoms with van der Waals surface area (Å²) in [7, 11) is -4.40. The molecule has 0 amide bonds. The van der Waals surface area contributed by atoms with E-state index in [0.29, 0.717) is 18.7 Å². The fourth-order valence-electron chi connectivity index (χ4n) is 6.79. The fraction of sp³-hybridized carbons (Fsp3) is 0.489. The van der Waals surface area contributed by atoms with Gasteiger partial charge in [0.2, 0.25) is 11.6 Å². The van der Waals surface area contributed by atoms with Gasteiger partial charge >= 0.3 is 16.0 Å². The number of nitrogens with one attached hydrogen (secondary N) is 2. The molecular weight excluding hydrogens is 933 g/mol. The van der Waals surface area contributed by atoms with Crippen LogP contribution in [0.25, 0.3) is 0 Å². The predicted molar refractivity (Wildman–Crippen MR) is 263 cm³/mol. The molecule has 6 bridgehead atoms.